The molecule has 4 rings (SSSR count). The number of methoxy groups -OCH3 is 2. The third-order valence-corrected chi connectivity index (χ3v) is 7.73. The first kappa shape index (κ1) is 22.9. The monoisotopic (exact) mass is 472 g/mol. The summed E-state index contributed by atoms with van der Waals surface area (Å²) in [6.07, 6.45) is 2.49. The van der Waals surface area contributed by atoms with Gasteiger partial charge in [-0.05, 0) is 55.7 Å². The normalized spacial score (nSPS) is 15.8. The second-order valence-electron chi connectivity index (χ2n) is 7.67. The maximum absolute atomic E-state index is 13.3. The van der Waals surface area contributed by atoms with E-state index in [2.05, 4.69) is 6.92 Å². The molecule has 0 bridgehead atoms. The number of benzene rings is 2. The molecule has 170 valence electrons. The quantitative estimate of drug-likeness (QED) is 0.393. The number of aryl methyl sites for hydroxylation is 1. The van der Waals surface area contributed by atoms with E-state index in [1.54, 1.807) is 37.3 Å². The molecule has 1 fully saturated rings. The van der Waals surface area contributed by atoms with Gasteiger partial charge in [-0.2, -0.15) is 0 Å². The van der Waals surface area contributed by atoms with E-state index >= 15 is 0 Å². The van der Waals surface area contributed by atoms with Crippen molar-refractivity contribution in [2.45, 2.75) is 37.2 Å². The number of fused-ring (bicyclic) bond motifs is 1. The number of thioether (sulfide) groups is 1. The molecule has 1 aliphatic heterocycles. The van der Waals surface area contributed by atoms with Crippen LogP contribution in [0.15, 0.2) is 41.3 Å². The fourth-order valence-corrected chi connectivity index (χ4v) is 5.64. The predicted octanol–water partition coefficient (Wildman–Crippen LogP) is 5.32. The van der Waals surface area contributed by atoms with Crippen molar-refractivity contribution >= 4 is 44.4 Å². The lowest BCUT2D eigenvalue weighted by atomic mass is 10.2. The summed E-state index contributed by atoms with van der Waals surface area (Å²) in [5.41, 5.74) is 1.94. The summed E-state index contributed by atoms with van der Waals surface area (Å²) in [5, 5.41) is 0.711. The number of ether oxygens (including phenoxy) is 3. The van der Waals surface area contributed by atoms with E-state index in [1.165, 1.54) is 0 Å². The molecule has 1 saturated heterocycles. The third kappa shape index (κ3) is 5.19. The Hall–Kier alpha value is -2.29. The number of aromatic nitrogens is 1. The minimum atomic E-state index is 0.0585. The summed E-state index contributed by atoms with van der Waals surface area (Å²) in [5.74, 6) is 2.32. The van der Waals surface area contributed by atoms with E-state index in [1.807, 2.05) is 41.3 Å². The van der Waals surface area contributed by atoms with E-state index < -0.39 is 0 Å². The van der Waals surface area contributed by atoms with Gasteiger partial charge >= 0.3 is 0 Å². The van der Waals surface area contributed by atoms with E-state index in [9.17, 15) is 4.79 Å². The zero-order valence-electron chi connectivity index (χ0n) is 18.6. The lowest BCUT2D eigenvalue weighted by Gasteiger charge is -2.23. The molecule has 0 N–H and O–H groups in total. The Morgan fingerprint density at radius 1 is 1.22 bits per heavy atom. The zero-order valence-corrected chi connectivity index (χ0v) is 20.3. The summed E-state index contributed by atoms with van der Waals surface area (Å²) in [7, 11) is 3.30. The molecule has 8 heteroatoms. The number of rotatable bonds is 9. The van der Waals surface area contributed by atoms with Crippen molar-refractivity contribution in [3.05, 3.63) is 42.0 Å². The van der Waals surface area contributed by atoms with Crippen LogP contribution in [0.5, 0.6) is 11.5 Å². The first-order valence-corrected chi connectivity index (χ1v) is 12.5. The van der Waals surface area contributed by atoms with Gasteiger partial charge in [0.25, 0.3) is 0 Å². The summed E-state index contributed by atoms with van der Waals surface area (Å²) < 4.78 is 17.6. The molecule has 3 aromatic rings. The van der Waals surface area contributed by atoms with Gasteiger partial charge in [-0.1, -0.05) is 17.4 Å². The number of carbonyl (C=O) groups excluding carboxylic acids is 1. The Morgan fingerprint density at radius 2 is 2.03 bits per heavy atom. The topological polar surface area (TPSA) is 60.9 Å². The van der Waals surface area contributed by atoms with Crippen LogP contribution in [0.4, 0.5) is 5.13 Å². The Kier molecular flexibility index (Phi) is 7.55. The van der Waals surface area contributed by atoms with E-state index in [0.717, 1.165) is 51.6 Å². The Bertz CT molecular complexity index is 1060. The van der Waals surface area contributed by atoms with Crippen molar-refractivity contribution in [2.75, 3.05) is 38.0 Å². The van der Waals surface area contributed by atoms with Gasteiger partial charge in [-0.3, -0.25) is 9.69 Å². The fourth-order valence-electron chi connectivity index (χ4n) is 3.72. The molecule has 6 nitrogen and oxygen atoms in total. The second kappa shape index (κ2) is 10.6. The van der Waals surface area contributed by atoms with Crippen molar-refractivity contribution < 1.29 is 19.0 Å². The molecule has 1 atom stereocenters. The van der Waals surface area contributed by atoms with Gasteiger partial charge in [-0.15, -0.1) is 11.8 Å². The Morgan fingerprint density at radius 3 is 2.72 bits per heavy atom. The highest BCUT2D eigenvalue weighted by molar-refractivity contribution is 7.99. The summed E-state index contributed by atoms with van der Waals surface area (Å²) >= 11 is 3.21. The molecule has 1 aromatic heterocycles. The number of thiazole rings is 1. The summed E-state index contributed by atoms with van der Waals surface area (Å²) in [6.45, 7) is 3.35. The lowest BCUT2D eigenvalue weighted by molar-refractivity contribution is -0.118. The van der Waals surface area contributed by atoms with Crippen LogP contribution in [0.3, 0.4) is 0 Å². The smallest absolute Gasteiger partial charge is 0.229 e. The van der Waals surface area contributed by atoms with Crippen LogP contribution in [-0.2, 0) is 9.53 Å². The van der Waals surface area contributed by atoms with Crippen LogP contribution >= 0.6 is 23.1 Å². The lowest BCUT2D eigenvalue weighted by Crippen LogP contribution is -2.37. The standard InChI is InChI=1S/C24H28N2O4S2/c1-16-6-11-20(29-3)22-23(16)32-24(25-22)26(15-18-5-4-13-30-18)21(27)12-14-31-19-9-7-17(28-2)8-10-19/h6-11,18H,4-5,12-15H2,1-3H3. The Labute approximate surface area is 196 Å². The number of carbonyl (C=O) groups is 1. The molecule has 1 amide bonds. The van der Waals surface area contributed by atoms with Crippen LogP contribution in [0.2, 0.25) is 0 Å². The van der Waals surface area contributed by atoms with Crippen LogP contribution in [0, 0.1) is 6.92 Å². The zero-order chi connectivity index (χ0) is 22.5. The van der Waals surface area contributed by atoms with Gasteiger partial charge in [0.2, 0.25) is 5.91 Å². The minimum Gasteiger partial charge on any atom is -0.497 e. The van der Waals surface area contributed by atoms with Crippen LogP contribution in [-0.4, -0.2) is 50.1 Å². The molecule has 0 saturated carbocycles. The first-order valence-electron chi connectivity index (χ1n) is 10.7. The average molecular weight is 473 g/mol. The molecule has 2 aromatic carbocycles. The average Bonchev–Trinajstić information content (AvgIpc) is 3.49. The third-order valence-electron chi connectivity index (χ3n) is 5.50. The molecule has 1 unspecified atom stereocenters. The molecule has 1 aliphatic rings. The van der Waals surface area contributed by atoms with Crippen molar-refractivity contribution in [2.24, 2.45) is 0 Å². The predicted molar refractivity (Wildman–Crippen MR) is 131 cm³/mol. The SMILES string of the molecule is COc1ccc(SCCC(=O)N(CC2CCCO2)c2nc3c(OC)ccc(C)c3s2)cc1. The van der Waals surface area contributed by atoms with Gasteiger partial charge in [0.1, 0.15) is 17.0 Å². The molecule has 32 heavy (non-hydrogen) atoms. The van der Waals surface area contributed by atoms with E-state index in [-0.39, 0.29) is 12.0 Å². The highest BCUT2D eigenvalue weighted by atomic mass is 32.2. The van der Waals surface area contributed by atoms with Gasteiger partial charge in [0, 0.05) is 23.7 Å². The number of amides is 1. The summed E-state index contributed by atoms with van der Waals surface area (Å²) in [4.78, 5) is 21.1. The minimum absolute atomic E-state index is 0.0585. The number of anilines is 1. The number of hydrogen-bond donors (Lipinski definition) is 0. The van der Waals surface area contributed by atoms with Crippen molar-refractivity contribution in [1.82, 2.24) is 4.98 Å². The van der Waals surface area contributed by atoms with E-state index in [4.69, 9.17) is 19.2 Å². The molecular weight excluding hydrogens is 444 g/mol. The molecule has 2 heterocycles. The van der Waals surface area contributed by atoms with Gasteiger partial charge < -0.3 is 14.2 Å². The highest BCUT2D eigenvalue weighted by Gasteiger charge is 2.26. The van der Waals surface area contributed by atoms with Gasteiger partial charge in [-0.25, -0.2) is 4.98 Å². The maximum atomic E-state index is 13.3. The maximum Gasteiger partial charge on any atom is 0.229 e. The molecule has 0 aliphatic carbocycles. The van der Waals surface area contributed by atoms with Gasteiger partial charge in [0.15, 0.2) is 5.13 Å². The highest BCUT2D eigenvalue weighted by Crippen LogP contribution is 2.37. The van der Waals surface area contributed by atoms with Crippen LogP contribution in [0.25, 0.3) is 10.2 Å². The Balaban J connectivity index is 1.51. The largest absolute Gasteiger partial charge is 0.497 e. The fraction of sp³-hybridized carbons (Fsp3) is 0.417. The number of hydrogen-bond acceptors (Lipinski definition) is 7. The van der Waals surface area contributed by atoms with Crippen molar-refractivity contribution in [3.63, 3.8) is 0 Å². The summed E-state index contributed by atoms with van der Waals surface area (Å²) in [6, 6.07) is 11.9. The second-order valence-corrected chi connectivity index (χ2v) is 9.82. The van der Waals surface area contributed by atoms with Crippen LogP contribution in [0.1, 0.15) is 24.8 Å². The first-order chi connectivity index (χ1) is 15.6. The molecular formula is C24H28N2O4S2. The number of nitrogens with zero attached hydrogens (tertiary/aromatic N) is 2. The molecule has 0 spiro atoms. The van der Waals surface area contributed by atoms with Gasteiger partial charge in [0.05, 0.1) is 31.6 Å². The van der Waals surface area contributed by atoms with E-state index in [0.29, 0.717) is 23.8 Å². The van der Waals surface area contributed by atoms with Crippen molar-refractivity contribution in [3.8, 4) is 11.5 Å². The molecule has 0 radical (unpaired) electrons. The van der Waals surface area contributed by atoms with Crippen molar-refractivity contribution in [1.29, 1.82) is 0 Å². The van der Waals surface area contributed by atoms with Crippen LogP contribution < -0.4 is 14.4 Å².